The summed E-state index contributed by atoms with van der Waals surface area (Å²) >= 11 is 0. The molecule has 1 aromatic carbocycles. The molecule has 136 valence electrons. The molecule has 0 heterocycles. The summed E-state index contributed by atoms with van der Waals surface area (Å²) in [6, 6.07) is 6.24. The lowest BCUT2D eigenvalue weighted by Crippen LogP contribution is -2.38. The number of ketones is 1. The van der Waals surface area contributed by atoms with Gasteiger partial charge < -0.3 is 0 Å². The molecule has 9 heteroatoms. The van der Waals surface area contributed by atoms with Gasteiger partial charge in [0.05, 0.1) is 17.7 Å². The van der Waals surface area contributed by atoms with Crippen molar-refractivity contribution in [1.29, 1.82) is 0 Å². The molecule has 0 aliphatic heterocycles. The third-order valence-corrected chi connectivity index (χ3v) is 6.01. The Morgan fingerprint density at radius 2 is 1.88 bits per heavy atom. The SMILES string of the molecule is CCCCS(=O)(=O)NCCN(c1cccc(C(C)=O)c1)S(C)(=O)=O. The van der Waals surface area contributed by atoms with Crippen LogP contribution in [-0.4, -0.2) is 47.7 Å². The van der Waals surface area contributed by atoms with Crippen LogP contribution in [0.4, 0.5) is 5.69 Å². The number of hydrogen-bond acceptors (Lipinski definition) is 5. The maximum atomic E-state index is 12.0. The Balaban J connectivity index is 2.89. The zero-order valence-corrected chi connectivity index (χ0v) is 15.8. The Kier molecular flexibility index (Phi) is 7.37. The summed E-state index contributed by atoms with van der Waals surface area (Å²) in [5.74, 6) is -0.159. The van der Waals surface area contributed by atoms with Gasteiger partial charge in [-0.15, -0.1) is 0 Å². The van der Waals surface area contributed by atoms with Crippen LogP contribution in [0.25, 0.3) is 0 Å². The highest BCUT2D eigenvalue weighted by atomic mass is 32.2. The first kappa shape index (κ1) is 20.6. The van der Waals surface area contributed by atoms with E-state index in [9.17, 15) is 21.6 Å². The van der Waals surface area contributed by atoms with Crippen molar-refractivity contribution in [2.24, 2.45) is 0 Å². The number of rotatable bonds is 10. The molecule has 0 saturated heterocycles. The Hall–Kier alpha value is -1.45. The Morgan fingerprint density at radius 1 is 1.21 bits per heavy atom. The molecule has 0 amide bonds. The molecule has 1 N–H and O–H groups in total. The molecule has 24 heavy (non-hydrogen) atoms. The molecule has 7 nitrogen and oxygen atoms in total. The number of nitrogens with one attached hydrogen (secondary N) is 1. The van der Waals surface area contributed by atoms with Crippen LogP contribution in [0.1, 0.15) is 37.0 Å². The van der Waals surface area contributed by atoms with Crippen molar-refractivity contribution in [3.63, 3.8) is 0 Å². The van der Waals surface area contributed by atoms with Crippen molar-refractivity contribution in [2.45, 2.75) is 26.7 Å². The highest BCUT2D eigenvalue weighted by Crippen LogP contribution is 2.19. The number of anilines is 1. The third-order valence-electron chi connectivity index (χ3n) is 3.34. The van der Waals surface area contributed by atoms with Crippen molar-refractivity contribution < 1.29 is 21.6 Å². The van der Waals surface area contributed by atoms with Gasteiger partial charge in [-0.25, -0.2) is 21.6 Å². The van der Waals surface area contributed by atoms with Gasteiger partial charge in [0.2, 0.25) is 20.0 Å². The van der Waals surface area contributed by atoms with Crippen LogP contribution in [0.3, 0.4) is 0 Å². The summed E-state index contributed by atoms with van der Waals surface area (Å²) in [5.41, 5.74) is 0.725. The van der Waals surface area contributed by atoms with E-state index >= 15 is 0 Å². The summed E-state index contributed by atoms with van der Waals surface area (Å²) in [4.78, 5) is 11.5. The van der Waals surface area contributed by atoms with Gasteiger partial charge in [0.15, 0.2) is 5.78 Å². The van der Waals surface area contributed by atoms with E-state index in [4.69, 9.17) is 0 Å². The van der Waals surface area contributed by atoms with Gasteiger partial charge in [0, 0.05) is 18.7 Å². The second kappa shape index (κ2) is 8.59. The number of carbonyl (C=O) groups excluding carboxylic acids is 1. The van der Waals surface area contributed by atoms with E-state index in [0.29, 0.717) is 17.7 Å². The van der Waals surface area contributed by atoms with Gasteiger partial charge >= 0.3 is 0 Å². The summed E-state index contributed by atoms with van der Waals surface area (Å²) < 4.78 is 51.1. The summed E-state index contributed by atoms with van der Waals surface area (Å²) in [6.45, 7) is 3.20. The summed E-state index contributed by atoms with van der Waals surface area (Å²) in [6.07, 6.45) is 2.35. The number of hydrogen-bond donors (Lipinski definition) is 1. The largest absolute Gasteiger partial charge is 0.295 e. The quantitative estimate of drug-likeness (QED) is 0.622. The topological polar surface area (TPSA) is 101 Å². The lowest BCUT2D eigenvalue weighted by atomic mass is 10.1. The van der Waals surface area contributed by atoms with E-state index in [0.717, 1.165) is 17.0 Å². The van der Waals surface area contributed by atoms with E-state index in [1.165, 1.54) is 13.0 Å². The fourth-order valence-corrected chi connectivity index (χ4v) is 4.21. The predicted octanol–water partition coefficient (Wildman–Crippen LogP) is 1.37. The average molecular weight is 377 g/mol. The fraction of sp³-hybridized carbons (Fsp3) is 0.533. The van der Waals surface area contributed by atoms with Gasteiger partial charge in [-0.05, 0) is 25.5 Å². The van der Waals surface area contributed by atoms with Crippen LogP contribution in [0.2, 0.25) is 0 Å². The van der Waals surface area contributed by atoms with Crippen LogP contribution >= 0.6 is 0 Å². The first-order valence-electron chi connectivity index (χ1n) is 7.63. The smallest absolute Gasteiger partial charge is 0.232 e. The zero-order valence-electron chi connectivity index (χ0n) is 14.1. The number of Topliss-reactive ketones (excluding diaryl/α,β-unsaturated/α-hetero) is 1. The lowest BCUT2D eigenvalue weighted by molar-refractivity contribution is 0.101. The van der Waals surface area contributed by atoms with E-state index in [2.05, 4.69) is 4.72 Å². The van der Waals surface area contributed by atoms with Crippen LogP contribution < -0.4 is 9.03 Å². The number of nitrogens with zero attached hydrogens (tertiary/aromatic N) is 1. The Bertz CT molecular complexity index is 773. The molecule has 0 atom stereocenters. The minimum atomic E-state index is -3.61. The molecule has 1 aromatic rings. The molecule has 0 aromatic heterocycles. The van der Waals surface area contributed by atoms with Gasteiger partial charge in [0.1, 0.15) is 0 Å². The van der Waals surface area contributed by atoms with E-state index in [1.54, 1.807) is 18.2 Å². The minimum absolute atomic E-state index is 0.0161. The van der Waals surface area contributed by atoms with Crippen molar-refractivity contribution in [3.8, 4) is 0 Å². The highest BCUT2D eigenvalue weighted by Gasteiger charge is 2.19. The molecule has 1 rings (SSSR count). The zero-order chi connectivity index (χ0) is 18.4. The third kappa shape index (κ3) is 6.58. The van der Waals surface area contributed by atoms with E-state index < -0.39 is 20.0 Å². The van der Waals surface area contributed by atoms with Crippen LogP contribution in [-0.2, 0) is 20.0 Å². The first-order chi connectivity index (χ1) is 11.1. The number of carbonyl (C=O) groups is 1. The molecule has 0 radical (unpaired) electrons. The molecule has 0 bridgehead atoms. The number of sulfonamides is 2. The maximum absolute atomic E-state index is 12.0. The molecule has 0 aliphatic carbocycles. The summed E-state index contributed by atoms with van der Waals surface area (Å²) in [7, 11) is -7.02. The number of unbranched alkanes of at least 4 members (excludes halogenated alkanes) is 1. The molecule has 0 spiro atoms. The summed E-state index contributed by atoms with van der Waals surface area (Å²) in [5, 5.41) is 0. The fourth-order valence-electron chi connectivity index (χ4n) is 2.08. The van der Waals surface area contributed by atoms with E-state index in [1.807, 2.05) is 6.92 Å². The Labute approximate surface area is 144 Å². The van der Waals surface area contributed by atoms with Gasteiger partial charge in [-0.1, -0.05) is 25.5 Å². The Morgan fingerprint density at radius 3 is 2.42 bits per heavy atom. The van der Waals surface area contributed by atoms with E-state index in [-0.39, 0.29) is 24.6 Å². The molecule has 0 saturated carbocycles. The average Bonchev–Trinajstić information content (AvgIpc) is 2.48. The molecule has 0 unspecified atom stereocenters. The normalized spacial score (nSPS) is 12.1. The predicted molar refractivity (Wildman–Crippen MR) is 95.3 cm³/mol. The first-order valence-corrected chi connectivity index (χ1v) is 11.1. The van der Waals surface area contributed by atoms with Crippen LogP contribution in [0.15, 0.2) is 24.3 Å². The molecule has 0 fully saturated rings. The van der Waals surface area contributed by atoms with Crippen LogP contribution in [0, 0.1) is 0 Å². The molecular weight excluding hydrogens is 352 g/mol. The van der Waals surface area contributed by atoms with Crippen molar-refractivity contribution in [2.75, 3.05) is 29.4 Å². The molecular formula is C15H24N2O5S2. The second-order valence-electron chi connectivity index (χ2n) is 5.51. The molecule has 0 aliphatic rings. The van der Waals surface area contributed by atoms with Crippen molar-refractivity contribution >= 4 is 31.5 Å². The lowest BCUT2D eigenvalue weighted by Gasteiger charge is -2.23. The number of benzene rings is 1. The van der Waals surface area contributed by atoms with Crippen LogP contribution in [0.5, 0.6) is 0 Å². The monoisotopic (exact) mass is 376 g/mol. The minimum Gasteiger partial charge on any atom is -0.295 e. The highest BCUT2D eigenvalue weighted by molar-refractivity contribution is 7.92. The van der Waals surface area contributed by atoms with Gasteiger partial charge in [-0.2, -0.15) is 0 Å². The van der Waals surface area contributed by atoms with Gasteiger partial charge in [0.25, 0.3) is 0 Å². The van der Waals surface area contributed by atoms with Gasteiger partial charge in [-0.3, -0.25) is 9.10 Å². The maximum Gasteiger partial charge on any atom is 0.232 e. The second-order valence-corrected chi connectivity index (χ2v) is 9.34. The van der Waals surface area contributed by atoms with Crippen molar-refractivity contribution in [1.82, 2.24) is 4.72 Å². The standard InChI is InChI=1S/C15H24N2O5S2/c1-4-5-11-24(21,22)16-9-10-17(23(3,19)20)15-8-6-7-14(12-15)13(2)18/h6-8,12,16H,4-5,9-11H2,1-3H3. The van der Waals surface area contributed by atoms with Crippen molar-refractivity contribution in [3.05, 3.63) is 29.8 Å².